The predicted molar refractivity (Wildman–Crippen MR) is 77.8 cm³/mol. The Labute approximate surface area is 124 Å². The molecule has 0 spiro atoms. The van der Waals surface area contributed by atoms with E-state index in [1.807, 2.05) is 0 Å². The molecule has 1 fully saturated rings. The van der Waals surface area contributed by atoms with Gasteiger partial charge in [-0.25, -0.2) is 4.79 Å². The van der Waals surface area contributed by atoms with Crippen molar-refractivity contribution in [1.82, 2.24) is 5.32 Å². The number of carbonyl (C=O) groups is 1. The molecular weight excluding hydrogens is 296 g/mol. The molecule has 0 radical (unpaired) electrons. The van der Waals surface area contributed by atoms with E-state index in [4.69, 9.17) is 0 Å². The van der Waals surface area contributed by atoms with Gasteiger partial charge in [-0.05, 0) is 18.4 Å². The Morgan fingerprint density at radius 1 is 1.43 bits per heavy atom. The van der Waals surface area contributed by atoms with Crippen molar-refractivity contribution < 1.29 is 19.0 Å². The summed E-state index contributed by atoms with van der Waals surface area (Å²) in [6.07, 6.45) is 1.54. The van der Waals surface area contributed by atoms with Crippen molar-refractivity contribution in [2.45, 2.75) is 25.4 Å². The minimum atomic E-state index is -1.30. The van der Waals surface area contributed by atoms with Crippen LogP contribution in [-0.4, -0.2) is 37.8 Å². The monoisotopic (exact) mass is 312 g/mol. The van der Waals surface area contributed by atoms with Gasteiger partial charge in [-0.2, -0.15) is 0 Å². The van der Waals surface area contributed by atoms with E-state index in [-0.39, 0.29) is 18.2 Å². The summed E-state index contributed by atoms with van der Waals surface area (Å²) < 4.78 is 11.3. The summed E-state index contributed by atoms with van der Waals surface area (Å²) >= 11 is 0. The molecule has 1 aromatic carbocycles. The Balaban J connectivity index is 2.12. The first-order chi connectivity index (χ1) is 9.99. The normalized spacial score (nSPS) is 21.9. The van der Waals surface area contributed by atoms with Crippen LogP contribution in [0.3, 0.4) is 0 Å². The lowest BCUT2D eigenvalue weighted by molar-refractivity contribution is -0.385. The maximum Gasteiger partial charge on any atom is 0.343 e. The van der Waals surface area contributed by atoms with Crippen LogP contribution >= 0.6 is 0 Å². The fourth-order valence-electron chi connectivity index (χ4n) is 2.39. The quantitative estimate of drug-likeness (QED) is 0.626. The number of benzene rings is 1. The molecule has 0 unspecified atom stereocenters. The number of carboxylic acids is 1. The SMILES string of the molecule is O=C(O)c1c(CNC2CCS(=O)CC2)cccc1[N+](=O)[O-]. The molecule has 7 nitrogen and oxygen atoms in total. The molecule has 0 aromatic heterocycles. The van der Waals surface area contributed by atoms with E-state index in [1.165, 1.54) is 12.1 Å². The van der Waals surface area contributed by atoms with E-state index >= 15 is 0 Å². The second-order valence-electron chi connectivity index (χ2n) is 4.88. The highest BCUT2D eigenvalue weighted by atomic mass is 32.2. The topological polar surface area (TPSA) is 110 Å². The fourth-order valence-corrected chi connectivity index (χ4v) is 3.68. The molecule has 21 heavy (non-hydrogen) atoms. The molecule has 0 bridgehead atoms. The van der Waals surface area contributed by atoms with Crippen LogP contribution in [0.4, 0.5) is 5.69 Å². The van der Waals surface area contributed by atoms with Gasteiger partial charge in [0.15, 0.2) is 0 Å². The first-order valence-electron chi connectivity index (χ1n) is 6.57. The van der Waals surface area contributed by atoms with Gasteiger partial charge in [0.25, 0.3) is 5.69 Å². The number of hydrogen-bond acceptors (Lipinski definition) is 5. The third-order valence-corrected chi connectivity index (χ3v) is 4.89. The number of carboxylic acid groups (broad SMARTS) is 1. The summed E-state index contributed by atoms with van der Waals surface area (Å²) in [6.45, 7) is 0.251. The third kappa shape index (κ3) is 3.85. The smallest absolute Gasteiger partial charge is 0.343 e. The van der Waals surface area contributed by atoms with Crippen LogP contribution in [0.5, 0.6) is 0 Å². The lowest BCUT2D eigenvalue weighted by atomic mass is 10.0. The zero-order valence-electron chi connectivity index (χ0n) is 11.3. The van der Waals surface area contributed by atoms with Gasteiger partial charge >= 0.3 is 5.97 Å². The summed E-state index contributed by atoms with van der Waals surface area (Å²) in [7, 11) is -0.754. The molecule has 0 atom stereocenters. The number of nitro benzene ring substituents is 1. The summed E-state index contributed by atoms with van der Waals surface area (Å²) in [5, 5.41) is 23.3. The molecular formula is C13H16N2O5S. The van der Waals surface area contributed by atoms with E-state index in [0.717, 1.165) is 12.8 Å². The summed E-state index contributed by atoms with van der Waals surface area (Å²) in [4.78, 5) is 21.5. The molecule has 2 rings (SSSR count). The molecule has 1 saturated heterocycles. The van der Waals surface area contributed by atoms with Crippen molar-refractivity contribution >= 4 is 22.5 Å². The molecule has 114 valence electrons. The van der Waals surface area contributed by atoms with E-state index in [1.54, 1.807) is 6.07 Å². The molecule has 1 aromatic rings. The van der Waals surface area contributed by atoms with E-state index in [2.05, 4.69) is 5.32 Å². The van der Waals surface area contributed by atoms with Crippen molar-refractivity contribution in [2.24, 2.45) is 0 Å². The number of nitrogens with zero attached hydrogens (tertiary/aromatic N) is 1. The highest BCUT2D eigenvalue weighted by molar-refractivity contribution is 7.85. The minimum absolute atomic E-state index is 0.170. The number of nitro groups is 1. The van der Waals surface area contributed by atoms with Crippen LogP contribution in [0.15, 0.2) is 18.2 Å². The first kappa shape index (κ1) is 15.6. The Morgan fingerprint density at radius 2 is 2.10 bits per heavy atom. The van der Waals surface area contributed by atoms with E-state index < -0.39 is 27.4 Å². The van der Waals surface area contributed by atoms with Gasteiger partial charge < -0.3 is 10.4 Å². The lowest BCUT2D eigenvalue weighted by Gasteiger charge is -2.22. The van der Waals surface area contributed by atoms with Crippen molar-refractivity contribution in [3.8, 4) is 0 Å². The van der Waals surface area contributed by atoms with Gasteiger partial charge in [0.05, 0.1) is 4.92 Å². The standard InChI is InChI=1S/C13H16N2O5S/c16-13(17)12-9(2-1-3-11(12)15(18)19)8-14-10-4-6-21(20)7-5-10/h1-3,10,14H,4-8H2,(H,16,17). The van der Waals surface area contributed by atoms with Crippen molar-refractivity contribution in [1.29, 1.82) is 0 Å². The van der Waals surface area contributed by atoms with E-state index in [9.17, 15) is 24.2 Å². The second kappa shape index (κ2) is 6.77. The van der Waals surface area contributed by atoms with Gasteiger partial charge in [0.2, 0.25) is 0 Å². The van der Waals surface area contributed by atoms with Crippen LogP contribution in [-0.2, 0) is 17.3 Å². The van der Waals surface area contributed by atoms with Gasteiger partial charge in [-0.1, -0.05) is 12.1 Å². The predicted octanol–water partition coefficient (Wildman–Crippen LogP) is 1.29. The molecule has 1 aliphatic rings. The Kier molecular flexibility index (Phi) is 5.03. The molecule has 2 N–H and O–H groups in total. The van der Waals surface area contributed by atoms with Crippen LogP contribution in [0.2, 0.25) is 0 Å². The highest BCUT2D eigenvalue weighted by Crippen LogP contribution is 2.23. The van der Waals surface area contributed by atoms with Crippen LogP contribution in [0.25, 0.3) is 0 Å². The maximum absolute atomic E-state index is 11.3. The molecule has 0 aliphatic carbocycles. The molecule has 8 heteroatoms. The second-order valence-corrected chi connectivity index (χ2v) is 6.57. The van der Waals surface area contributed by atoms with Crippen molar-refractivity contribution in [3.63, 3.8) is 0 Å². The van der Waals surface area contributed by atoms with Crippen LogP contribution in [0, 0.1) is 10.1 Å². The number of rotatable bonds is 5. The number of nitrogens with one attached hydrogen (secondary N) is 1. The Morgan fingerprint density at radius 3 is 2.67 bits per heavy atom. The summed E-state index contributed by atoms with van der Waals surface area (Å²) in [5.41, 5.74) is -0.274. The number of hydrogen-bond donors (Lipinski definition) is 2. The zero-order valence-corrected chi connectivity index (χ0v) is 12.1. The number of aromatic carboxylic acids is 1. The molecule has 0 saturated carbocycles. The van der Waals surface area contributed by atoms with Crippen molar-refractivity contribution in [3.05, 3.63) is 39.4 Å². The van der Waals surface area contributed by atoms with Gasteiger partial charge in [0, 0.05) is 41.0 Å². The van der Waals surface area contributed by atoms with E-state index in [0.29, 0.717) is 17.1 Å². The first-order valence-corrected chi connectivity index (χ1v) is 8.05. The minimum Gasteiger partial charge on any atom is -0.477 e. The van der Waals surface area contributed by atoms with Gasteiger partial charge in [-0.15, -0.1) is 0 Å². The average molecular weight is 312 g/mol. The molecule has 1 aliphatic heterocycles. The lowest BCUT2D eigenvalue weighted by Crippen LogP contribution is -2.35. The van der Waals surface area contributed by atoms with Gasteiger partial charge in [-0.3, -0.25) is 14.3 Å². The summed E-state index contributed by atoms with van der Waals surface area (Å²) in [5.74, 6) is -0.0274. The average Bonchev–Trinajstić information content (AvgIpc) is 2.46. The zero-order chi connectivity index (χ0) is 15.4. The molecule has 0 amide bonds. The van der Waals surface area contributed by atoms with Gasteiger partial charge in [0.1, 0.15) is 5.56 Å². The third-order valence-electron chi connectivity index (χ3n) is 3.51. The Hall–Kier alpha value is -1.80. The van der Waals surface area contributed by atoms with Crippen LogP contribution in [0.1, 0.15) is 28.8 Å². The molecule has 1 heterocycles. The maximum atomic E-state index is 11.3. The van der Waals surface area contributed by atoms with Crippen LogP contribution < -0.4 is 5.32 Å². The Bertz CT molecular complexity index is 580. The summed E-state index contributed by atoms with van der Waals surface area (Å²) in [6, 6.07) is 4.42. The largest absolute Gasteiger partial charge is 0.477 e. The fraction of sp³-hybridized carbons (Fsp3) is 0.462. The highest BCUT2D eigenvalue weighted by Gasteiger charge is 2.24. The van der Waals surface area contributed by atoms with Crippen molar-refractivity contribution in [2.75, 3.05) is 11.5 Å².